The third kappa shape index (κ3) is 4.54. The van der Waals surface area contributed by atoms with E-state index in [1.165, 1.54) is 18.4 Å². The van der Waals surface area contributed by atoms with Gasteiger partial charge in [0.25, 0.3) is 0 Å². The van der Waals surface area contributed by atoms with Crippen LogP contribution in [-0.2, 0) is 9.59 Å². The number of rotatable bonds is 7. The Balaban J connectivity index is 1.14. The van der Waals surface area contributed by atoms with Crippen molar-refractivity contribution in [2.75, 3.05) is 13.1 Å². The van der Waals surface area contributed by atoms with Crippen LogP contribution in [0.1, 0.15) is 68.9 Å². The quantitative estimate of drug-likeness (QED) is 0.524. The molecule has 37 heavy (non-hydrogen) atoms. The van der Waals surface area contributed by atoms with E-state index in [1.54, 1.807) is 11.8 Å². The molecule has 3 fully saturated rings. The van der Waals surface area contributed by atoms with Gasteiger partial charge in [0.1, 0.15) is 11.9 Å². The van der Waals surface area contributed by atoms with Crippen molar-refractivity contribution in [1.82, 2.24) is 24.7 Å². The highest BCUT2D eigenvalue weighted by atomic mass is 16.2. The zero-order valence-corrected chi connectivity index (χ0v) is 21.8. The Morgan fingerprint density at radius 3 is 2.35 bits per heavy atom. The summed E-state index contributed by atoms with van der Waals surface area (Å²) in [6, 6.07) is 20.0. The van der Waals surface area contributed by atoms with E-state index in [2.05, 4.69) is 58.1 Å². The number of amides is 2. The van der Waals surface area contributed by atoms with E-state index in [0.29, 0.717) is 24.7 Å². The van der Waals surface area contributed by atoms with E-state index in [0.717, 1.165) is 49.1 Å². The minimum Gasteiger partial charge on any atom is -0.347 e. The summed E-state index contributed by atoms with van der Waals surface area (Å²) >= 11 is 0. The number of hydrogen-bond acceptors (Lipinski definition) is 4. The molecule has 1 aromatic heterocycles. The van der Waals surface area contributed by atoms with Gasteiger partial charge in [-0.05, 0) is 63.1 Å². The molecule has 0 spiro atoms. The summed E-state index contributed by atoms with van der Waals surface area (Å²) in [7, 11) is 0. The summed E-state index contributed by atoms with van der Waals surface area (Å²) in [5.41, 5.74) is 3.47. The maximum absolute atomic E-state index is 13.1. The van der Waals surface area contributed by atoms with Gasteiger partial charge in [-0.3, -0.25) is 14.5 Å². The number of likely N-dealkylation sites (tertiary alicyclic amines) is 1. The van der Waals surface area contributed by atoms with Crippen LogP contribution in [0.2, 0.25) is 0 Å². The Morgan fingerprint density at radius 1 is 0.973 bits per heavy atom. The molecule has 2 amide bonds. The fourth-order valence-corrected chi connectivity index (χ4v) is 7.04. The standard InChI is InChI=1S/C30H37N5O2/c1-20-31-27-10-6-7-11-28(27)35(20)25-18-23-12-13-24(19-25)34(23)16-14-26(22-8-4-3-5-9-22)32-30(37)29-15-17-33(29)21(2)36/h3-11,23-26,29H,12-19H2,1-2H3,(H,32,37)/t23?,24?,25?,26-,29-/m0/s1. The number of imidazole rings is 1. The van der Waals surface area contributed by atoms with E-state index in [1.807, 2.05) is 18.2 Å². The first kappa shape index (κ1) is 24.2. The molecule has 0 radical (unpaired) electrons. The van der Waals surface area contributed by atoms with Crippen LogP contribution in [0.5, 0.6) is 0 Å². The fourth-order valence-electron chi connectivity index (χ4n) is 7.04. The van der Waals surface area contributed by atoms with Crippen molar-refractivity contribution in [3.63, 3.8) is 0 Å². The Bertz CT molecular complexity index is 1270. The molecule has 3 aliphatic rings. The molecule has 2 unspecified atom stereocenters. The highest BCUT2D eigenvalue weighted by molar-refractivity contribution is 5.88. The number of para-hydroxylation sites is 2. The number of piperidine rings is 1. The first-order chi connectivity index (χ1) is 18.0. The SMILES string of the molecule is CC(=O)N1CC[C@H]1C(=O)N[C@@H](CCN1C2CCC1CC(n1c(C)nc3ccccc31)C2)c1ccccc1. The molecule has 1 N–H and O–H groups in total. The lowest BCUT2D eigenvalue weighted by molar-refractivity contribution is -0.146. The van der Waals surface area contributed by atoms with Crippen LogP contribution >= 0.6 is 0 Å². The number of hydrogen-bond donors (Lipinski definition) is 1. The summed E-state index contributed by atoms with van der Waals surface area (Å²) in [5, 5.41) is 3.30. The van der Waals surface area contributed by atoms with Gasteiger partial charge in [-0.1, -0.05) is 42.5 Å². The zero-order valence-electron chi connectivity index (χ0n) is 21.8. The lowest BCUT2D eigenvalue weighted by Crippen LogP contribution is -2.58. The molecule has 0 saturated carbocycles. The molecule has 7 heteroatoms. The van der Waals surface area contributed by atoms with E-state index in [-0.39, 0.29) is 23.9 Å². The molecule has 0 aliphatic carbocycles. The third-order valence-electron chi connectivity index (χ3n) is 8.92. The highest BCUT2D eigenvalue weighted by Gasteiger charge is 2.42. The number of nitrogens with one attached hydrogen (secondary N) is 1. The van der Waals surface area contributed by atoms with Gasteiger partial charge in [-0.25, -0.2) is 4.98 Å². The number of fused-ring (bicyclic) bond motifs is 3. The molecule has 7 nitrogen and oxygen atoms in total. The molecule has 3 saturated heterocycles. The van der Waals surface area contributed by atoms with Gasteiger partial charge in [0.2, 0.25) is 11.8 Å². The summed E-state index contributed by atoms with van der Waals surface area (Å²) < 4.78 is 2.48. The topological polar surface area (TPSA) is 70.5 Å². The molecule has 6 rings (SSSR count). The van der Waals surface area contributed by atoms with Crippen LogP contribution in [0, 0.1) is 6.92 Å². The number of carbonyl (C=O) groups excluding carboxylic acids is 2. The maximum Gasteiger partial charge on any atom is 0.243 e. The van der Waals surface area contributed by atoms with Gasteiger partial charge in [-0.2, -0.15) is 0 Å². The Hall–Kier alpha value is -3.19. The molecule has 4 atom stereocenters. The second-order valence-electron chi connectivity index (χ2n) is 11.0. The van der Waals surface area contributed by atoms with Crippen molar-refractivity contribution in [1.29, 1.82) is 0 Å². The van der Waals surface area contributed by atoms with Gasteiger partial charge in [0.05, 0.1) is 17.1 Å². The Kier molecular flexibility index (Phi) is 6.49. The predicted molar refractivity (Wildman–Crippen MR) is 144 cm³/mol. The van der Waals surface area contributed by atoms with Gasteiger partial charge in [-0.15, -0.1) is 0 Å². The predicted octanol–water partition coefficient (Wildman–Crippen LogP) is 4.38. The summed E-state index contributed by atoms with van der Waals surface area (Å²) in [5.74, 6) is 1.06. The van der Waals surface area contributed by atoms with Crippen LogP contribution < -0.4 is 5.32 Å². The van der Waals surface area contributed by atoms with E-state index in [9.17, 15) is 9.59 Å². The Labute approximate surface area is 218 Å². The van der Waals surface area contributed by atoms with Crippen LogP contribution in [0.4, 0.5) is 0 Å². The number of aromatic nitrogens is 2. The second kappa shape index (κ2) is 9.93. The molecule has 2 aromatic carbocycles. The van der Waals surface area contributed by atoms with E-state index >= 15 is 0 Å². The minimum atomic E-state index is -0.330. The van der Waals surface area contributed by atoms with Gasteiger partial charge in [0.15, 0.2) is 0 Å². The summed E-state index contributed by atoms with van der Waals surface area (Å²) in [4.78, 5) is 34.2. The minimum absolute atomic E-state index is 0.0250. The van der Waals surface area contributed by atoms with E-state index in [4.69, 9.17) is 4.98 Å². The van der Waals surface area contributed by atoms with E-state index < -0.39 is 0 Å². The smallest absolute Gasteiger partial charge is 0.243 e. The largest absolute Gasteiger partial charge is 0.347 e. The number of aryl methyl sites for hydroxylation is 1. The first-order valence-electron chi connectivity index (χ1n) is 13.8. The molecular weight excluding hydrogens is 462 g/mol. The van der Waals surface area contributed by atoms with Gasteiger partial charge >= 0.3 is 0 Å². The van der Waals surface area contributed by atoms with Gasteiger partial charge in [0, 0.05) is 38.1 Å². The molecule has 4 heterocycles. The van der Waals surface area contributed by atoms with Crippen molar-refractivity contribution in [2.24, 2.45) is 0 Å². The average Bonchev–Trinajstić information content (AvgIpc) is 3.31. The van der Waals surface area contributed by atoms with Crippen molar-refractivity contribution in [2.45, 2.75) is 82.6 Å². The zero-order chi connectivity index (χ0) is 25.5. The lowest BCUT2D eigenvalue weighted by atomic mass is 9.95. The molecule has 3 aliphatic heterocycles. The maximum atomic E-state index is 13.1. The first-order valence-corrected chi connectivity index (χ1v) is 13.8. The highest BCUT2D eigenvalue weighted by Crippen LogP contribution is 2.42. The van der Waals surface area contributed by atoms with Crippen molar-refractivity contribution < 1.29 is 9.59 Å². The second-order valence-corrected chi connectivity index (χ2v) is 11.0. The van der Waals surface area contributed by atoms with Crippen molar-refractivity contribution in [3.8, 4) is 0 Å². The molecule has 194 valence electrons. The molecular formula is C30H37N5O2. The molecule has 3 aromatic rings. The van der Waals surface area contributed by atoms with Crippen molar-refractivity contribution in [3.05, 3.63) is 66.0 Å². The van der Waals surface area contributed by atoms with Crippen LogP contribution in [-0.4, -0.2) is 62.4 Å². The average molecular weight is 500 g/mol. The number of nitrogens with zero attached hydrogens (tertiary/aromatic N) is 4. The van der Waals surface area contributed by atoms with Crippen LogP contribution in [0.3, 0.4) is 0 Å². The monoisotopic (exact) mass is 499 g/mol. The van der Waals surface area contributed by atoms with Crippen LogP contribution in [0.25, 0.3) is 11.0 Å². The third-order valence-corrected chi connectivity index (χ3v) is 8.92. The fraction of sp³-hybridized carbons (Fsp3) is 0.500. The number of benzene rings is 2. The Morgan fingerprint density at radius 2 is 1.68 bits per heavy atom. The van der Waals surface area contributed by atoms with Crippen molar-refractivity contribution >= 4 is 22.8 Å². The van der Waals surface area contributed by atoms with Gasteiger partial charge < -0.3 is 14.8 Å². The van der Waals surface area contributed by atoms with Crippen LogP contribution in [0.15, 0.2) is 54.6 Å². The normalized spacial score (nSPS) is 26.2. The summed E-state index contributed by atoms with van der Waals surface area (Å²) in [6.07, 6.45) is 6.39. The lowest BCUT2D eigenvalue weighted by Gasteiger charge is -2.41. The summed E-state index contributed by atoms with van der Waals surface area (Å²) in [6.45, 7) is 5.32. The molecule has 2 bridgehead atoms. The number of carbonyl (C=O) groups is 2.